The standard InChI is InChI=1S/C77H132O16P2/c1-4-7-10-13-16-19-22-25-28-30-32-33-34-35-36-37-39-41-43-45-48-51-54-57-60-63-75(80)87-66-72(78)67-89-94(83,84)90-68-73(79)69-91-95(85,86)92-71-74(93-77(82)65-62-59-56-53-50-47-42-27-24-21-18-15-12-9-6-3)70-88-76(81)64-61-58-55-52-49-46-44-40-38-31-29-26-23-20-17-14-11-8-5-2/h7-8,10-11,16-17,19-20,25-26,28-29,32-33,35-36,38-41,72-74,78-79H,4-6,9,12-15,18,21-24,27,30-31,34,37,42-71H2,1-3H3,(H,83,84)(H,85,86)/b10-7-,11-8-,19-16-,20-17-,28-25-,29-26-,33-32-,36-35-,40-38-,41-39-. The molecular formula is C77H132O16P2. The number of esters is 3. The van der Waals surface area contributed by atoms with Gasteiger partial charge in [0.05, 0.1) is 26.4 Å². The van der Waals surface area contributed by atoms with Crippen molar-refractivity contribution < 1.29 is 75.8 Å². The molecule has 18 heteroatoms. The third-order valence-corrected chi connectivity index (χ3v) is 17.1. The van der Waals surface area contributed by atoms with Crippen LogP contribution in [0.2, 0.25) is 0 Å². The Morgan fingerprint density at radius 2 is 0.558 bits per heavy atom. The monoisotopic (exact) mass is 1370 g/mol. The zero-order valence-corrected chi connectivity index (χ0v) is 61.1. The minimum Gasteiger partial charge on any atom is -0.463 e. The molecule has 0 aliphatic rings. The summed E-state index contributed by atoms with van der Waals surface area (Å²) in [6.45, 7) is 2.43. The molecule has 4 N–H and O–H groups in total. The van der Waals surface area contributed by atoms with Crippen molar-refractivity contribution in [3.05, 3.63) is 122 Å². The molecule has 0 rings (SSSR count). The molecule has 0 aliphatic carbocycles. The van der Waals surface area contributed by atoms with Crippen molar-refractivity contribution >= 4 is 33.6 Å². The van der Waals surface area contributed by atoms with Gasteiger partial charge in [0.1, 0.15) is 25.4 Å². The van der Waals surface area contributed by atoms with E-state index in [1.54, 1.807) is 0 Å². The van der Waals surface area contributed by atoms with E-state index in [9.17, 15) is 43.5 Å². The summed E-state index contributed by atoms with van der Waals surface area (Å²) >= 11 is 0. The van der Waals surface area contributed by atoms with Gasteiger partial charge in [-0.3, -0.25) is 32.5 Å². The van der Waals surface area contributed by atoms with Gasteiger partial charge in [-0.05, 0) is 109 Å². The summed E-state index contributed by atoms with van der Waals surface area (Å²) in [5.41, 5.74) is 0. The second-order valence-corrected chi connectivity index (χ2v) is 27.2. The van der Waals surface area contributed by atoms with Crippen molar-refractivity contribution in [1.29, 1.82) is 0 Å². The van der Waals surface area contributed by atoms with E-state index in [2.05, 4.69) is 142 Å². The lowest BCUT2D eigenvalue weighted by Crippen LogP contribution is -2.30. The lowest BCUT2D eigenvalue weighted by Gasteiger charge is -2.21. The van der Waals surface area contributed by atoms with Gasteiger partial charge in [-0.1, -0.05) is 284 Å². The van der Waals surface area contributed by atoms with Crippen LogP contribution in [0.25, 0.3) is 0 Å². The maximum absolute atomic E-state index is 12.9. The maximum Gasteiger partial charge on any atom is 0.472 e. The Hall–Kier alpha value is -4.05. The fourth-order valence-corrected chi connectivity index (χ4v) is 11.2. The first kappa shape index (κ1) is 91.0. The van der Waals surface area contributed by atoms with Crippen LogP contribution >= 0.6 is 15.6 Å². The molecule has 0 spiro atoms. The molecule has 5 unspecified atom stereocenters. The molecule has 0 aromatic carbocycles. The van der Waals surface area contributed by atoms with Gasteiger partial charge < -0.3 is 34.2 Å². The highest BCUT2D eigenvalue weighted by Crippen LogP contribution is 2.45. The van der Waals surface area contributed by atoms with Crippen LogP contribution in [-0.2, 0) is 55.8 Å². The Labute approximate surface area is 576 Å². The van der Waals surface area contributed by atoms with Crippen molar-refractivity contribution in [2.75, 3.05) is 39.6 Å². The molecule has 0 heterocycles. The number of ether oxygens (including phenoxy) is 3. The van der Waals surface area contributed by atoms with E-state index in [1.807, 2.05) is 0 Å². The lowest BCUT2D eigenvalue weighted by atomic mass is 10.0. The van der Waals surface area contributed by atoms with Crippen molar-refractivity contribution in [2.24, 2.45) is 0 Å². The third-order valence-electron chi connectivity index (χ3n) is 15.2. The van der Waals surface area contributed by atoms with Crippen LogP contribution in [0.1, 0.15) is 290 Å². The normalized spacial score (nSPS) is 14.8. The number of rotatable bonds is 69. The Bertz CT molecular complexity index is 2210. The number of carbonyl (C=O) groups excluding carboxylic acids is 3. The lowest BCUT2D eigenvalue weighted by molar-refractivity contribution is -0.161. The van der Waals surface area contributed by atoms with E-state index in [0.717, 1.165) is 167 Å². The van der Waals surface area contributed by atoms with E-state index in [1.165, 1.54) is 64.2 Å². The van der Waals surface area contributed by atoms with E-state index in [4.69, 9.17) is 32.3 Å². The third kappa shape index (κ3) is 71.1. The Morgan fingerprint density at radius 1 is 0.305 bits per heavy atom. The van der Waals surface area contributed by atoms with Gasteiger partial charge in [0, 0.05) is 19.3 Å². The number of hydrogen-bond acceptors (Lipinski definition) is 14. The van der Waals surface area contributed by atoms with Crippen molar-refractivity contribution in [3.8, 4) is 0 Å². The van der Waals surface area contributed by atoms with Crippen LogP contribution in [0.3, 0.4) is 0 Å². The molecule has 0 saturated carbocycles. The van der Waals surface area contributed by atoms with Gasteiger partial charge in [-0.25, -0.2) is 9.13 Å². The number of hydrogen-bond donors (Lipinski definition) is 4. The number of unbranched alkanes of at least 4 members (excludes halogenated alkanes) is 26. The number of carbonyl (C=O) groups is 3. The van der Waals surface area contributed by atoms with Crippen LogP contribution in [0, 0.1) is 0 Å². The Kier molecular flexibility index (Phi) is 66.9. The second kappa shape index (κ2) is 69.8. The highest BCUT2D eigenvalue weighted by molar-refractivity contribution is 7.47. The van der Waals surface area contributed by atoms with E-state index >= 15 is 0 Å². The van der Waals surface area contributed by atoms with Crippen LogP contribution in [-0.4, -0.2) is 95.9 Å². The molecular weight excluding hydrogens is 1240 g/mol. The molecule has 0 fully saturated rings. The molecule has 0 aromatic heterocycles. The average Bonchev–Trinajstić information content (AvgIpc) is 2.24. The first-order valence-electron chi connectivity index (χ1n) is 36.8. The minimum absolute atomic E-state index is 0.102. The van der Waals surface area contributed by atoms with Gasteiger partial charge in [-0.15, -0.1) is 0 Å². The minimum atomic E-state index is -4.93. The van der Waals surface area contributed by atoms with Gasteiger partial charge in [-0.2, -0.15) is 0 Å². The van der Waals surface area contributed by atoms with Crippen LogP contribution in [0.4, 0.5) is 0 Å². The predicted molar refractivity (Wildman–Crippen MR) is 390 cm³/mol. The summed E-state index contributed by atoms with van der Waals surface area (Å²) in [5.74, 6) is -1.60. The van der Waals surface area contributed by atoms with Gasteiger partial charge in [0.25, 0.3) is 0 Å². The van der Waals surface area contributed by atoms with Crippen molar-refractivity contribution in [1.82, 2.24) is 0 Å². The molecule has 0 aliphatic heterocycles. The summed E-state index contributed by atoms with van der Waals surface area (Å²) < 4.78 is 61.0. The average molecular weight is 1380 g/mol. The zero-order chi connectivity index (χ0) is 69.5. The molecule has 95 heavy (non-hydrogen) atoms. The maximum atomic E-state index is 12.9. The zero-order valence-electron chi connectivity index (χ0n) is 59.3. The smallest absolute Gasteiger partial charge is 0.463 e. The first-order valence-corrected chi connectivity index (χ1v) is 39.8. The topological polar surface area (TPSA) is 231 Å². The molecule has 0 saturated heterocycles. The fraction of sp³-hybridized carbons (Fsp3) is 0.701. The molecule has 16 nitrogen and oxygen atoms in total. The number of phosphoric acid groups is 2. The number of phosphoric ester groups is 2. The highest BCUT2D eigenvalue weighted by atomic mass is 31.2. The molecule has 546 valence electrons. The van der Waals surface area contributed by atoms with E-state index in [0.29, 0.717) is 19.3 Å². The van der Waals surface area contributed by atoms with E-state index < -0.39 is 91.5 Å². The number of aliphatic hydroxyl groups excluding tert-OH is 2. The van der Waals surface area contributed by atoms with Gasteiger partial charge >= 0.3 is 33.6 Å². The SMILES string of the molecule is CC/C=C\C/C=C\C/C=C\C/C=C\C/C=C\C/C=C\CCCCCCCCC(=O)OCC(O)COP(=O)(O)OCC(O)COP(=O)(O)OCC(COC(=O)CCCCCCCC/C=C\C/C=C\C/C=C\C/C=C\CC)OC(=O)CCCCCCCCCCCCCCCCC. The predicted octanol–water partition coefficient (Wildman–Crippen LogP) is 21.0. The van der Waals surface area contributed by atoms with Gasteiger partial charge in [0.15, 0.2) is 6.10 Å². The first-order chi connectivity index (χ1) is 46.2. The summed E-state index contributed by atoms with van der Waals surface area (Å²) in [4.78, 5) is 58.5. The summed E-state index contributed by atoms with van der Waals surface area (Å²) in [6.07, 6.45) is 80.9. The Morgan fingerprint density at radius 3 is 0.884 bits per heavy atom. The van der Waals surface area contributed by atoms with Crippen molar-refractivity contribution in [3.63, 3.8) is 0 Å². The van der Waals surface area contributed by atoms with E-state index in [-0.39, 0.29) is 19.3 Å². The van der Waals surface area contributed by atoms with Gasteiger partial charge in [0.2, 0.25) is 0 Å². The second-order valence-electron chi connectivity index (χ2n) is 24.3. The molecule has 0 bridgehead atoms. The van der Waals surface area contributed by atoms with Crippen LogP contribution in [0.5, 0.6) is 0 Å². The number of aliphatic hydroxyl groups is 2. The Balaban J connectivity index is 4.62. The van der Waals surface area contributed by atoms with Crippen LogP contribution < -0.4 is 0 Å². The van der Waals surface area contributed by atoms with Crippen molar-refractivity contribution in [2.45, 2.75) is 309 Å². The molecule has 0 aromatic rings. The molecule has 5 atom stereocenters. The number of allylic oxidation sites excluding steroid dienone is 20. The van der Waals surface area contributed by atoms with Crippen LogP contribution in [0.15, 0.2) is 122 Å². The summed E-state index contributed by atoms with van der Waals surface area (Å²) in [5, 5.41) is 20.6. The quantitative estimate of drug-likeness (QED) is 0.0146. The summed E-state index contributed by atoms with van der Waals surface area (Å²) in [7, 11) is -9.79. The summed E-state index contributed by atoms with van der Waals surface area (Å²) in [6, 6.07) is 0. The largest absolute Gasteiger partial charge is 0.472 e. The fourth-order valence-electron chi connectivity index (χ4n) is 9.62. The molecule has 0 radical (unpaired) electrons. The highest BCUT2D eigenvalue weighted by Gasteiger charge is 2.29. The molecule has 0 amide bonds.